The third-order valence-electron chi connectivity index (χ3n) is 4.65. The first-order valence-corrected chi connectivity index (χ1v) is 11.7. The normalized spacial score (nSPS) is 11.7. The summed E-state index contributed by atoms with van der Waals surface area (Å²) in [6, 6.07) is 13.5. The van der Waals surface area contributed by atoms with Crippen LogP contribution in [0.4, 0.5) is 5.13 Å². The second kappa shape index (κ2) is 9.80. The molecule has 4 rings (SSSR count). The van der Waals surface area contributed by atoms with Crippen molar-refractivity contribution in [3.05, 3.63) is 70.7 Å². The van der Waals surface area contributed by atoms with Gasteiger partial charge in [0.05, 0.1) is 29.5 Å². The van der Waals surface area contributed by atoms with E-state index in [9.17, 15) is 9.59 Å². The molecule has 32 heavy (non-hydrogen) atoms. The first kappa shape index (κ1) is 21.8. The van der Waals surface area contributed by atoms with Gasteiger partial charge in [0.15, 0.2) is 5.13 Å². The number of nitrogens with one attached hydrogen (secondary N) is 2. The van der Waals surface area contributed by atoms with E-state index in [1.807, 2.05) is 60.1 Å². The van der Waals surface area contributed by atoms with Crippen LogP contribution in [0.15, 0.2) is 59.4 Å². The molecular formula is C23H21N5O2S2. The number of anilines is 1. The summed E-state index contributed by atoms with van der Waals surface area (Å²) in [5.74, 6) is -0.227. The van der Waals surface area contributed by atoms with Gasteiger partial charge in [-0.2, -0.15) is 0 Å². The molecule has 0 saturated heterocycles. The van der Waals surface area contributed by atoms with Crippen molar-refractivity contribution in [3.8, 4) is 22.0 Å². The van der Waals surface area contributed by atoms with Gasteiger partial charge in [-0.05, 0) is 24.6 Å². The lowest BCUT2D eigenvalue weighted by molar-refractivity contribution is -0.119. The van der Waals surface area contributed by atoms with Crippen LogP contribution in [0.1, 0.15) is 31.1 Å². The topological polar surface area (TPSA) is 96.9 Å². The minimum atomic E-state index is -0.164. The zero-order valence-corrected chi connectivity index (χ0v) is 19.2. The van der Waals surface area contributed by atoms with Crippen molar-refractivity contribution in [2.24, 2.45) is 0 Å². The minimum absolute atomic E-state index is 0.0595. The van der Waals surface area contributed by atoms with Crippen LogP contribution >= 0.6 is 22.7 Å². The van der Waals surface area contributed by atoms with E-state index in [4.69, 9.17) is 0 Å². The van der Waals surface area contributed by atoms with Crippen molar-refractivity contribution in [2.45, 2.75) is 26.3 Å². The predicted molar refractivity (Wildman–Crippen MR) is 127 cm³/mol. The molecule has 2 N–H and O–H groups in total. The Bertz CT molecular complexity index is 1220. The summed E-state index contributed by atoms with van der Waals surface area (Å²) in [4.78, 5) is 37.0. The third-order valence-corrected chi connectivity index (χ3v) is 6.33. The zero-order chi connectivity index (χ0) is 22.5. The van der Waals surface area contributed by atoms with E-state index in [0.717, 1.165) is 27.5 Å². The maximum absolute atomic E-state index is 12.5. The predicted octanol–water partition coefficient (Wildman–Crippen LogP) is 4.71. The van der Waals surface area contributed by atoms with Crippen LogP contribution in [-0.4, -0.2) is 26.8 Å². The highest BCUT2D eigenvalue weighted by Gasteiger charge is 2.13. The standard InChI is InChI=1S/C23H21N5O2S2/c1-14(25-15(2)29)16-6-8-17(9-7-16)20-13-32-23(27-20)28-21(30)11-18-12-31-22(26-18)19-5-3-4-10-24-19/h3-10,12-14H,11H2,1-2H3,(H,25,29)(H,27,28,30). The van der Waals surface area contributed by atoms with Crippen molar-refractivity contribution in [1.82, 2.24) is 20.3 Å². The molecular weight excluding hydrogens is 442 g/mol. The SMILES string of the molecule is CC(=O)NC(C)c1ccc(-c2csc(NC(=O)Cc3csc(-c4ccccn4)n3)n2)cc1. The number of benzene rings is 1. The molecule has 7 nitrogen and oxygen atoms in total. The average Bonchev–Trinajstić information content (AvgIpc) is 3.44. The Hall–Kier alpha value is -3.43. The number of thiazole rings is 2. The van der Waals surface area contributed by atoms with Crippen molar-refractivity contribution in [2.75, 3.05) is 5.32 Å². The van der Waals surface area contributed by atoms with E-state index >= 15 is 0 Å². The zero-order valence-electron chi connectivity index (χ0n) is 17.5. The summed E-state index contributed by atoms with van der Waals surface area (Å²) >= 11 is 2.85. The second-order valence-electron chi connectivity index (χ2n) is 7.17. The molecule has 0 saturated carbocycles. The van der Waals surface area contributed by atoms with Gasteiger partial charge in [0.1, 0.15) is 5.01 Å². The summed E-state index contributed by atoms with van der Waals surface area (Å²) in [7, 11) is 0. The number of hydrogen-bond acceptors (Lipinski definition) is 7. The summed E-state index contributed by atoms with van der Waals surface area (Å²) < 4.78 is 0. The Morgan fingerprint density at radius 2 is 1.81 bits per heavy atom. The fourth-order valence-electron chi connectivity index (χ4n) is 3.12. The van der Waals surface area contributed by atoms with Gasteiger partial charge >= 0.3 is 0 Å². The number of hydrogen-bond donors (Lipinski definition) is 2. The molecule has 0 radical (unpaired) electrons. The number of amides is 2. The van der Waals surface area contributed by atoms with Crippen molar-refractivity contribution in [1.29, 1.82) is 0 Å². The molecule has 3 aromatic heterocycles. The Balaban J connectivity index is 1.36. The number of rotatable bonds is 7. The van der Waals surface area contributed by atoms with Crippen molar-refractivity contribution < 1.29 is 9.59 Å². The molecule has 9 heteroatoms. The van der Waals surface area contributed by atoms with E-state index < -0.39 is 0 Å². The lowest BCUT2D eigenvalue weighted by Gasteiger charge is -2.12. The first-order chi connectivity index (χ1) is 15.5. The van der Waals surface area contributed by atoms with Gasteiger partial charge in [0.25, 0.3) is 0 Å². The largest absolute Gasteiger partial charge is 0.350 e. The molecule has 0 fully saturated rings. The molecule has 2 amide bonds. The van der Waals surface area contributed by atoms with Gasteiger partial charge in [-0.15, -0.1) is 22.7 Å². The fraction of sp³-hybridized carbons (Fsp3) is 0.174. The van der Waals surface area contributed by atoms with Gasteiger partial charge in [0.2, 0.25) is 11.8 Å². The van der Waals surface area contributed by atoms with Crippen molar-refractivity contribution in [3.63, 3.8) is 0 Å². The van der Waals surface area contributed by atoms with Gasteiger partial charge in [-0.25, -0.2) is 9.97 Å². The van der Waals surface area contributed by atoms with Gasteiger partial charge < -0.3 is 10.6 Å². The Morgan fingerprint density at radius 3 is 2.53 bits per heavy atom. The summed E-state index contributed by atoms with van der Waals surface area (Å²) in [5, 5.41) is 10.8. The van der Waals surface area contributed by atoms with E-state index in [0.29, 0.717) is 10.8 Å². The van der Waals surface area contributed by atoms with Crippen LogP contribution < -0.4 is 10.6 Å². The lowest BCUT2D eigenvalue weighted by Crippen LogP contribution is -2.23. The fourth-order valence-corrected chi connectivity index (χ4v) is 4.65. The molecule has 0 aliphatic rings. The van der Waals surface area contributed by atoms with E-state index in [-0.39, 0.29) is 24.3 Å². The monoisotopic (exact) mass is 463 g/mol. The summed E-state index contributed by atoms with van der Waals surface area (Å²) in [5.41, 5.74) is 4.25. The maximum Gasteiger partial charge on any atom is 0.232 e. The Kier molecular flexibility index (Phi) is 6.67. The van der Waals surface area contributed by atoms with Crippen molar-refractivity contribution >= 4 is 39.6 Å². The van der Waals surface area contributed by atoms with Gasteiger partial charge in [-0.3, -0.25) is 14.6 Å². The van der Waals surface area contributed by atoms with E-state index in [1.165, 1.54) is 29.6 Å². The molecule has 1 unspecified atom stereocenters. The number of carbonyl (C=O) groups excluding carboxylic acids is 2. The minimum Gasteiger partial charge on any atom is -0.350 e. The smallest absolute Gasteiger partial charge is 0.232 e. The maximum atomic E-state index is 12.5. The highest BCUT2D eigenvalue weighted by Crippen LogP contribution is 2.27. The van der Waals surface area contributed by atoms with E-state index in [1.54, 1.807) is 6.20 Å². The molecule has 4 aromatic rings. The molecule has 0 spiro atoms. The van der Waals surface area contributed by atoms with Crippen LogP contribution in [0.25, 0.3) is 22.0 Å². The van der Waals surface area contributed by atoms with E-state index in [2.05, 4.69) is 25.6 Å². The summed E-state index contributed by atoms with van der Waals surface area (Å²) in [6.07, 6.45) is 1.90. The molecule has 3 heterocycles. The molecule has 1 aromatic carbocycles. The average molecular weight is 464 g/mol. The quantitative estimate of drug-likeness (QED) is 0.414. The number of nitrogens with zero attached hydrogens (tertiary/aromatic N) is 3. The number of aromatic nitrogens is 3. The van der Waals surface area contributed by atoms with Crippen LogP contribution in [0.5, 0.6) is 0 Å². The number of pyridine rings is 1. The van der Waals surface area contributed by atoms with Crippen LogP contribution in [0.2, 0.25) is 0 Å². The Labute approximate surface area is 193 Å². The first-order valence-electron chi connectivity index (χ1n) is 9.96. The van der Waals surface area contributed by atoms with Crippen LogP contribution in [0.3, 0.4) is 0 Å². The highest BCUT2D eigenvalue weighted by molar-refractivity contribution is 7.14. The molecule has 0 bridgehead atoms. The molecule has 162 valence electrons. The van der Waals surface area contributed by atoms with Crippen LogP contribution in [-0.2, 0) is 16.0 Å². The van der Waals surface area contributed by atoms with Gasteiger partial charge in [0, 0.05) is 29.4 Å². The molecule has 0 aliphatic carbocycles. The third kappa shape index (κ3) is 5.43. The molecule has 0 aliphatic heterocycles. The lowest BCUT2D eigenvalue weighted by atomic mass is 10.1. The summed E-state index contributed by atoms with van der Waals surface area (Å²) in [6.45, 7) is 3.44. The molecule has 1 atom stereocenters. The van der Waals surface area contributed by atoms with Crippen LogP contribution in [0, 0.1) is 0 Å². The Morgan fingerprint density at radius 1 is 1.00 bits per heavy atom. The van der Waals surface area contributed by atoms with Gasteiger partial charge in [-0.1, -0.05) is 30.3 Å². The highest BCUT2D eigenvalue weighted by atomic mass is 32.1. The number of carbonyl (C=O) groups is 2. The second-order valence-corrected chi connectivity index (χ2v) is 8.88.